The third-order valence-corrected chi connectivity index (χ3v) is 1.99. The van der Waals surface area contributed by atoms with Gasteiger partial charge in [-0.1, -0.05) is 0 Å². The molecule has 0 atom stereocenters. The summed E-state index contributed by atoms with van der Waals surface area (Å²) in [5.74, 6) is 1.01. The predicted molar refractivity (Wildman–Crippen MR) is 55.8 cm³/mol. The SMILES string of the molecule is CN(Cc1nccn1C)CC(C)(C)O. The Balaban J connectivity index is 2.50. The number of rotatable bonds is 4. The summed E-state index contributed by atoms with van der Waals surface area (Å²) in [5, 5.41) is 9.62. The van der Waals surface area contributed by atoms with Gasteiger partial charge >= 0.3 is 0 Å². The molecule has 1 rings (SSSR count). The summed E-state index contributed by atoms with van der Waals surface area (Å²) in [5.41, 5.74) is -0.653. The van der Waals surface area contributed by atoms with Crippen molar-refractivity contribution in [3.63, 3.8) is 0 Å². The molecule has 0 aliphatic rings. The van der Waals surface area contributed by atoms with E-state index in [1.807, 2.05) is 38.7 Å². The highest BCUT2D eigenvalue weighted by Gasteiger charge is 2.16. The minimum atomic E-state index is -0.653. The molecule has 0 saturated carbocycles. The fourth-order valence-corrected chi connectivity index (χ4v) is 1.51. The Kier molecular flexibility index (Phi) is 3.29. The van der Waals surface area contributed by atoms with Crippen LogP contribution in [0.5, 0.6) is 0 Å². The lowest BCUT2D eigenvalue weighted by atomic mass is 10.1. The Morgan fingerprint density at radius 3 is 2.64 bits per heavy atom. The van der Waals surface area contributed by atoms with Crippen molar-refractivity contribution >= 4 is 0 Å². The summed E-state index contributed by atoms with van der Waals surface area (Å²) in [7, 11) is 3.95. The Bertz CT molecular complexity index is 288. The zero-order valence-corrected chi connectivity index (χ0v) is 9.36. The molecule has 0 radical (unpaired) electrons. The van der Waals surface area contributed by atoms with Crippen LogP contribution in [0, 0.1) is 0 Å². The smallest absolute Gasteiger partial charge is 0.122 e. The molecule has 1 heterocycles. The van der Waals surface area contributed by atoms with E-state index in [4.69, 9.17) is 0 Å². The average Bonchev–Trinajstić information content (AvgIpc) is 2.32. The van der Waals surface area contributed by atoms with Crippen LogP contribution in [-0.2, 0) is 13.6 Å². The van der Waals surface area contributed by atoms with Gasteiger partial charge in [0.2, 0.25) is 0 Å². The number of imidazole rings is 1. The van der Waals surface area contributed by atoms with E-state index in [0.717, 1.165) is 12.4 Å². The lowest BCUT2D eigenvalue weighted by Gasteiger charge is -2.24. The molecule has 0 bridgehead atoms. The molecule has 1 N–H and O–H groups in total. The fraction of sp³-hybridized carbons (Fsp3) is 0.700. The van der Waals surface area contributed by atoms with Gasteiger partial charge in [-0.25, -0.2) is 4.98 Å². The van der Waals surface area contributed by atoms with Crippen LogP contribution in [0.15, 0.2) is 12.4 Å². The van der Waals surface area contributed by atoms with Gasteiger partial charge in [0.15, 0.2) is 0 Å². The molecule has 0 aliphatic carbocycles. The maximum Gasteiger partial charge on any atom is 0.122 e. The molecule has 0 spiro atoms. The highest BCUT2D eigenvalue weighted by Crippen LogP contribution is 2.06. The van der Waals surface area contributed by atoms with Crippen LogP contribution < -0.4 is 0 Å². The number of aliphatic hydroxyl groups is 1. The molecule has 1 aromatic heterocycles. The first-order valence-corrected chi connectivity index (χ1v) is 4.75. The second-order valence-electron chi connectivity index (χ2n) is 4.44. The van der Waals surface area contributed by atoms with E-state index in [9.17, 15) is 5.11 Å². The third-order valence-electron chi connectivity index (χ3n) is 1.99. The lowest BCUT2D eigenvalue weighted by molar-refractivity contribution is 0.0416. The van der Waals surface area contributed by atoms with E-state index in [2.05, 4.69) is 9.88 Å². The quantitative estimate of drug-likeness (QED) is 0.769. The second-order valence-corrected chi connectivity index (χ2v) is 4.44. The maximum absolute atomic E-state index is 9.62. The molecule has 0 fully saturated rings. The average molecular weight is 197 g/mol. The molecular formula is C10H19N3O. The standard InChI is InChI=1S/C10H19N3O/c1-10(2,14)8-12(3)7-9-11-5-6-13(9)4/h5-6,14H,7-8H2,1-4H3. The molecule has 4 heteroatoms. The number of aromatic nitrogens is 2. The van der Waals surface area contributed by atoms with Crippen molar-refractivity contribution in [2.75, 3.05) is 13.6 Å². The Morgan fingerprint density at radius 1 is 1.57 bits per heavy atom. The van der Waals surface area contributed by atoms with Crippen molar-refractivity contribution in [1.82, 2.24) is 14.5 Å². The zero-order valence-electron chi connectivity index (χ0n) is 9.36. The molecule has 0 aliphatic heterocycles. The van der Waals surface area contributed by atoms with Crippen molar-refractivity contribution in [2.45, 2.75) is 26.0 Å². The Hall–Kier alpha value is -0.870. The van der Waals surface area contributed by atoms with Crippen molar-refractivity contribution in [3.8, 4) is 0 Å². The number of likely N-dealkylation sites (N-methyl/N-ethyl adjacent to an activating group) is 1. The number of hydrogen-bond acceptors (Lipinski definition) is 3. The summed E-state index contributed by atoms with van der Waals surface area (Å²) < 4.78 is 1.99. The number of hydrogen-bond donors (Lipinski definition) is 1. The van der Waals surface area contributed by atoms with Crippen LogP contribution in [0.2, 0.25) is 0 Å². The molecule has 0 saturated heterocycles. The third kappa shape index (κ3) is 3.47. The number of aryl methyl sites for hydroxylation is 1. The topological polar surface area (TPSA) is 41.3 Å². The van der Waals surface area contributed by atoms with E-state index >= 15 is 0 Å². The normalized spacial score (nSPS) is 12.4. The largest absolute Gasteiger partial charge is 0.389 e. The minimum absolute atomic E-state index is 0.639. The van der Waals surface area contributed by atoms with Crippen LogP contribution in [-0.4, -0.2) is 38.8 Å². The zero-order chi connectivity index (χ0) is 10.8. The van der Waals surface area contributed by atoms with E-state index in [1.54, 1.807) is 6.20 Å². The Labute approximate surface area is 85.2 Å². The monoisotopic (exact) mass is 197 g/mol. The molecule has 0 unspecified atom stereocenters. The van der Waals surface area contributed by atoms with Crippen LogP contribution in [0.4, 0.5) is 0 Å². The molecule has 0 amide bonds. The van der Waals surface area contributed by atoms with Crippen LogP contribution in [0.25, 0.3) is 0 Å². The van der Waals surface area contributed by atoms with Crippen molar-refractivity contribution in [2.24, 2.45) is 7.05 Å². The van der Waals surface area contributed by atoms with E-state index in [1.165, 1.54) is 0 Å². The molecular weight excluding hydrogens is 178 g/mol. The van der Waals surface area contributed by atoms with E-state index < -0.39 is 5.60 Å². The summed E-state index contributed by atoms with van der Waals surface area (Å²) in [6.45, 7) is 5.01. The van der Waals surface area contributed by atoms with Gasteiger partial charge in [-0.15, -0.1) is 0 Å². The highest BCUT2D eigenvalue weighted by molar-refractivity contribution is 4.91. The van der Waals surface area contributed by atoms with Gasteiger partial charge in [-0.05, 0) is 20.9 Å². The van der Waals surface area contributed by atoms with Crippen LogP contribution in [0.3, 0.4) is 0 Å². The van der Waals surface area contributed by atoms with Gasteiger partial charge in [0.05, 0.1) is 12.1 Å². The second kappa shape index (κ2) is 4.11. The summed E-state index contributed by atoms with van der Waals surface area (Å²) >= 11 is 0. The van der Waals surface area contributed by atoms with Gasteiger partial charge in [-0.3, -0.25) is 4.90 Å². The maximum atomic E-state index is 9.62. The predicted octanol–water partition coefficient (Wildman–Crippen LogP) is 0.623. The number of nitrogens with zero attached hydrogens (tertiary/aromatic N) is 3. The first-order valence-electron chi connectivity index (χ1n) is 4.75. The van der Waals surface area contributed by atoms with Gasteiger partial charge in [-0.2, -0.15) is 0 Å². The first-order chi connectivity index (χ1) is 6.38. The summed E-state index contributed by atoms with van der Waals surface area (Å²) in [6, 6.07) is 0. The minimum Gasteiger partial charge on any atom is -0.389 e. The molecule has 1 aromatic rings. The first kappa shape index (κ1) is 11.2. The summed E-state index contributed by atoms with van der Waals surface area (Å²) in [6.07, 6.45) is 3.71. The van der Waals surface area contributed by atoms with Gasteiger partial charge in [0, 0.05) is 26.0 Å². The fourth-order valence-electron chi connectivity index (χ4n) is 1.51. The van der Waals surface area contributed by atoms with Crippen LogP contribution >= 0.6 is 0 Å². The van der Waals surface area contributed by atoms with Crippen molar-refractivity contribution < 1.29 is 5.11 Å². The lowest BCUT2D eigenvalue weighted by Crippen LogP contribution is -2.36. The van der Waals surface area contributed by atoms with Gasteiger partial charge in [0.25, 0.3) is 0 Å². The van der Waals surface area contributed by atoms with Crippen LogP contribution in [0.1, 0.15) is 19.7 Å². The van der Waals surface area contributed by atoms with Gasteiger partial charge < -0.3 is 9.67 Å². The molecule has 14 heavy (non-hydrogen) atoms. The van der Waals surface area contributed by atoms with Crippen molar-refractivity contribution in [1.29, 1.82) is 0 Å². The summed E-state index contributed by atoms with van der Waals surface area (Å²) in [4.78, 5) is 6.28. The molecule has 80 valence electrons. The van der Waals surface area contributed by atoms with Gasteiger partial charge in [0.1, 0.15) is 5.82 Å². The van der Waals surface area contributed by atoms with Crippen molar-refractivity contribution in [3.05, 3.63) is 18.2 Å². The Morgan fingerprint density at radius 2 is 2.21 bits per heavy atom. The van der Waals surface area contributed by atoms with E-state index in [-0.39, 0.29) is 0 Å². The molecule has 4 nitrogen and oxygen atoms in total. The van der Waals surface area contributed by atoms with E-state index in [0.29, 0.717) is 6.54 Å². The molecule has 0 aromatic carbocycles. The highest BCUT2D eigenvalue weighted by atomic mass is 16.3.